The van der Waals surface area contributed by atoms with Crippen LogP contribution in [0.2, 0.25) is 0 Å². The number of hydrogen-bond donors (Lipinski definition) is 3. The highest BCUT2D eigenvalue weighted by Crippen LogP contribution is 2.12. The molecule has 0 fully saturated rings. The predicted molar refractivity (Wildman–Crippen MR) is 80.7 cm³/mol. The van der Waals surface area contributed by atoms with Crippen LogP contribution in [0.3, 0.4) is 0 Å². The molecule has 0 heterocycles. The van der Waals surface area contributed by atoms with E-state index in [9.17, 15) is 14.4 Å². The standard InChI is InChI=1S/C15H28N2O4/c1-11(7-8-13(19)20)10-17-12(18)6-5-9-16-14(21)15(2,3)4/h11H,5-10H2,1-4H3,(H,16,21)(H,17,18)(H,19,20). The molecular weight excluding hydrogens is 272 g/mol. The molecule has 1 unspecified atom stereocenters. The number of hydrogen-bond acceptors (Lipinski definition) is 3. The van der Waals surface area contributed by atoms with Crippen molar-refractivity contribution in [3.63, 3.8) is 0 Å². The molecule has 0 aliphatic carbocycles. The number of amides is 2. The van der Waals surface area contributed by atoms with Crippen molar-refractivity contribution >= 4 is 17.8 Å². The summed E-state index contributed by atoms with van der Waals surface area (Å²) in [6, 6.07) is 0. The molecule has 0 aromatic heterocycles. The quantitative estimate of drug-likeness (QED) is 0.563. The van der Waals surface area contributed by atoms with E-state index >= 15 is 0 Å². The second-order valence-electron chi connectivity index (χ2n) is 6.45. The minimum Gasteiger partial charge on any atom is -0.481 e. The van der Waals surface area contributed by atoms with E-state index in [1.807, 2.05) is 27.7 Å². The van der Waals surface area contributed by atoms with Gasteiger partial charge >= 0.3 is 5.97 Å². The number of nitrogens with one attached hydrogen (secondary N) is 2. The number of carbonyl (C=O) groups is 3. The van der Waals surface area contributed by atoms with E-state index in [1.165, 1.54) is 0 Å². The second kappa shape index (κ2) is 9.37. The molecule has 3 N–H and O–H groups in total. The fraction of sp³-hybridized carbons (Fsp3) is 0.800. The van der Waals surface area contributed by atoms with Crippen molar-refractivity contribution in [1.29, 1.82) is 0 Å². The van der Waals surface area contributed by atoms with Crippen LogP contribution in [0.25, 0.3) is 0 Å². The van der Waals surface area contributed by atoms with Gasteiger partial charge in [0.05, 0.1) is 0 Å². The summed E-state index contributed by atoms with van der Waals surface area (Å²) >= 11 is 0. The zero-order chi connectivity index (χ0) is 16.5. The van der Waals surface area contributed by atoms with Crippen molar-refractivity contribution in [2.45, 2.75) is 53.4 Å². The molecule has 6 heteroatoms. The van der Waals surface area contributed by atoms with E-state index in [1.54, 1.807) is 0 Å². The minimum atomic E-state index is -0.817. The highest BCUT2D eigenvalue weighted by Gasteiger charge is 2.20. The van der Waals surface area contributed by atoms with Gasteiger partial charge in [0.2, 0.25) is 11.8 Å². The summed E-state index contributed by atoms with van der Waals surface area (Å²) in [6.07, 6.45) is 1.63. The zero-order valence-corrected chi connectivity index (χ0v) is 13.5. The normalized spacial score (nSPS) is 12.6. The van der Waals surface area contributed by atoms with Crippen LogP contribution < -0.4 is 10.6 Å². The monoisotopic (exact) mass is 300 g/mol. The second-order valence-corrected chi connectivity index (χ2v) is 6.45. The van der Waals surface area contributed by atoms with Crippen molar-refractivity contribution in [2.75, 3.05) is 13.1 Å². The molecule has 2 amide bonds. The molecule has 0 radical (unpaired) electrons. The Bertz CT molecular complexity index is 361. The van der Waals surface area contributed by atoms with E-state index in [0.717, 1.165) is 0 Å². The lowest BCUT2D eigenvalue weighted by Crippen LogP contribution is -2.36. The average Bonchev–Trinajstić information content (AvgIpc) is 2.37. The van der Waals surface area contributed by atoms with Gasteiger partial charge in [-0.1, -0.05) is 27.7 Å². The summed E-state index contributed by atoms with van der Waals surface area (Å²) < 4.78 is 0. The van der Waals surface area contributed by atoms with Crippen molar-refractivity contribution < 1.29 is 19.5 Å². The van der Waals surface area contributed by atoms with Crippen LogP contribution in [-0.2, 0) is 14.4 Å². The Labute approximate surface area is 126 Å². The summed E-state index contributed by atoms with van der Waals surface area (Å²) in [7, 11) is 0. The van der Waals surface area contributed by atoms with Crippen LogP contribution in [0.5, 0.6) is 0 Å². The third-order valence-electron chi connectivity index (χ3n) is 3.05. The average molecular weight is 300 g/mol. The van der Waals surface area contributed by atoms with E-state index in [-0.39, 0.29) is 24.2 Å². The SMILES string of the molecule is CC(CCC(=O)O)CNC(=O)CCCNC(=O)C(C)(C)C. The summed E-state index contributed by atoms with van der Waals surface area (Å²) in [4.78, 5) is 33.6. The van der Waals surface area contributed by atoms with E-state index < -0.39 is 11.4 Å². The number of aliphatic carboxylic acids is 1. The van der Waals surface area contributed by atoms with Gasteiger partial charge in [0.1, 0.15) is 0 Å². The highest BCUT2D eigenvalue weighted by atomic mass is 16.4. The molecule has 0 aliphatic rings. The molecule has 0 spiro atoms. The summed E-state index contributed by atoms with van der Waals surface area (Å²) in [5, 5.41) is 14.1. The maximum atomic E-state index is 11.6. The minimum absolute atomic E-state index is 0.0230. The van der Waals surface area contributed by atoms with E-state index in [2.05, 4.69) is 10.6 Å². The fourth-order valence-corrected chi connectivity index (χ4v) is 1.56. The van der Waals surface area contributed by atoms with Gasteiger partial charge in [-0.05, 0) is 18.8 Å². The predicted octanol–water partition coefficient (Wildman–Crippen LogP) is 1.55. The number of carboxylic acid groups (broad SMARTS) is 1. The first-order chi connectivity index (χ1) is 9.62. The van der Waals surface area contributed by atoms with Crippen molar-refractivity contribution in [3.8, 4) is 0 Å². The molecule has 122 valence electrons. The lowest BCUT2D eigenvalue weighted by molar-refractivity contribution is -0.137. The Morgan fingerprint density at radius 1 is 1.10 bits per heavy atom. The molecule has 0 aromatic rings. The smallest absolute Gasteiger partial charge is 0.303 e. The largest absolute Gasteiger partial charge is 0.481 e. The molecule has 0 aromatic carbocycles. The number of carbonyl (C=O) groups excluding carboxylic acids is 2. The first-order valence-corrected chi connectivity index (χ1v) is 7.39. The zero-order valence-electron chi connectivity index (χ0n) is 13.5. The van der Waals surface area contributed by atoms with Gasteiger partial charge < -0.3 is 15.7 Å². The molecule has 0 saturated heterocycles. The Kier molecular flexibility index (Phi) is 8.66. The summed E-state index contributed by atoms with van der Waals surface area (Å²) in [6.45, 7) is 8.40. The van der Waals surface area contributed by atoms with Crippen molar-refractivity contribution in [1.82, 2.24) is 10.6 Å². The number of carboxylic acids is 1. The molecular formula is C15H28N2O4. The van der Waals surface area contributed by atoms with Gasteiger partial charge in [-0.15, -0.1) is 0 Å². The Morgan fingerprint density at radius 3 is 2.24 bits per heavy atom. The first-order valence-electron chi connectivity index (χ1n) is 7.39. The van der Waals surface area contributed by atoms with Crippen LogP contribution in [0.1, 0.15) is 53.4 Å². The lowest BCUT2D eigenvalue weighted by atomic mass is 9.96. The first kappa shape index (κ1) is 19.4. The summed E-state index contributed by atoms with van der Waals surface area (Å²) in [5.74, 6) is -0.763. The van der Waals surface area contributed by atoms with Crippen LogP contribution >= 0.6 is 0 Å². The van der Waals surface area contributed by atoms with Gasteiger partial charge in [0.25, 0.3) is 0 Å². The molecule has 6 nitrogen and oxygen atoms in total. The Balaban J connectivity index is 3.68. The molecule has 0 aliphatic heterocycles. The maximum absolute atomic E-state index is 11.6. The fourth-order valence-electron chi connectivity index (χ4n) is 1.56. The van der Waals surface area contributed by atoms with Gasteiger partial charge in [-0.3, -0.25) is 14.4 Å². The van der Waals surface area contributed by atoms with Crippen molar-refractivity contribution in [3.05, 3.63) is 0 Å². The van der Waals surface area contributed by atoms with Gasteiger partial charge in [0.15, 0.2) is 0 Å². The Morgan fingerprint density at radius 2 is 1.71 bits per heavy atom. The molecule has 0 rings (SSSR count). The van der Waals surface area contributed by atoms with E-state index in [4.69, 9.17) is 5.11 Å². The van der Waals surface area contributed by atoms with E-state index in [0.29, 0.717) is 32.4 Å². The van der Waals surface area contributed by atoms with Crippen LogP contribution in [0.15, 0.2) is 0 Å². The number of rotatable bonds is 9. The maximum Gasteiger partial charge on any atom is 0.303 e. The lowest BCUT2D eigenvalue weighted by Gasteiger charge is -2.17. The molecule has 0 saturated carbocycles. The van der Waals surface area contributed by atoms with Gasteiger partial charge in [0, 0.05) is 31.3 Å². The summed E-state index contributed by atoms with van der Waals surface area (Å²) in [5.41, 5.74) is -0.415. The third kappa shape index (κ3) is 10.8. The van der Waals surface area contributed by atoms with Crippen molar-refractivity contribution in [2.24, 2.45) is 11.3 Å². The Hall–Kier alpha value is -1.59. The molecule has 21 heavy (non-hydrogen) atoms. The highest BCUT2D eigenvalue weighted by molar-refractivity contribution is 5.81. The van der Waals surface area contributed by atoms with Crippen LogP contribution in [-0.4, -0.2) is 36.0 Å². The van der Waals surface area contributed by atoms with Gasteiger partial charge in [-0.2, -0.15) is 0 Å². The van der Waals surface area contributed by atoms with Crippen LogP contribution in [0, 0.1) is 11.3 Å². The molecule has 1 atom stereocenters. The van der Waals surface area contributed by atoms with Gasteiger partial charge in [-0.25, -0.2) is 0 Å². The molecule has 0 bridgehead atoms. The van der Waals surface area contributed by atoms with Crippen LogP contribution in [0.4, 0.5) is 0 Å². The third-order valence-corrected chi connectivity index (χ3v) is 3.05. The topological polar surface area (TPSA) is 95.5 Å².